The van der Waals surface area contributed by atoms with Gasteiger partial charge in [-0.15, -0.1) is 0 Å². The van der Waals surface area contributed by atoms with Gasteiger partial charge in [0.15, 0.2) is 0 Å². The molecule has 1 rings (SSSR count). The number of anilines is 1. The predicted octanol–water partition coefficient (Wildman–Crippen LogP) is 1.60. The standard InChI is InChI=1S/C9H10FNO2/c1-5(9(12)13)7-4-6(11)2-3-8(7)10/h2-5H,11H2,1H3,(H,12,13). The van der Waals surface area contributed by atoms with Gasteiger partial charge in [-0.3, -0.25) is 4.79 Å². The minimum atomic E-state index is -1.07. The fourth-order valence-corrected chi connectivity index (χ4v) is 1.03. The van der Waals surface area contributed by atoms with Crippen LogP contribution in [0.2, 0.25) is 0 Å². The molecule has 13 heavy (non-hydrogen) atoms. The van der Waals surface area contributed by atoms with Gasteiger partial charge in [-0.2, -0.15) is 0 Å². The Morgan fingerprint density at radius 2 is 2.23 bits per heavy atom. The Hall–Kier alpha value is -1.58. The molecule has 1 unspecified atom stereocenters. The third-order valence-electron chi connectivity index (χ3n) is 1.86. The summed E-state index contributed by atoms with van der Waals surface area (Å²) in [6.45, 7) is 1.42. The molecule has 1 atom stereocenters. The smallest absolute Gasteiger partial charge is 0.310 e. The van der Waals surface area contributed by atoms with Gasteiger partial charge in [0.2, 0.25) is 0 Å². The second-order valence-corrected chi connectivity index (χ2v) is 2.84. The molecule has 3 nitrogen and oxygen atoms in total. The molecule has 0 aromatic heterocycles. The highest BCUT2D eigenvalue weighted by atomic mass is 19.1. The number of carboxylic acid groups (broad SMARTS) is 1. The highest BCUT2D eigenvalue weighted by Gasteiger charge is 2.17. The van der Waals surface area contributed by atoms with E-state index < -0.39 is 17.7 Å². The Kier molecular flexibility index (Phi) is 2.51. The van der Waals surface area contributed by atoms with Crippen LogP contribution in [-0.2, 0) is 4.79 Å². The third kappa shape index (κ3) is 1.96. The number of nitrogens with two attached hydrogens (primary N) is 1. The maximum Gasteiger partial charge on any atom is 0.310 e. The highest BCUT2D eigenvalue weighted by Crippen LogP contribution is 2.21. The summed E-state index contributed by atoms with van der Waals surface area (Å²) in [5.41, 5.74) is 5.89. The van der Waals surface area contributed by atoms with Crippen molar-refractivity contribution < 1.29 is 14.3 Å². The first-order chi connectivity index (χ1) is 6.02. The van der Waals surface area contributed by atoms with Gasteiger partial charge in [0, 0.05) is 11.3 Å². The van der Waals surface area contributed by atoms with E-state index >= 15 is 0 Å². The van der Waals surface area contributed by atoms with Crippen molar-refractivity contribution in [2.75, 3.05) is 5.73 Å². The maximum atomic E-state index is 13.1. The van der Waals surface area contributed by atoms with E-state index in [1.165, 1.54) is 25.1 Å². The summed E-state index contributed by atoms with van der Waals surface area (Å²) in [7, 11) is 0. The minimum Gasteiger partial charge on any atom is -0.481 e. The Morgan fingerprint density at radius 1 is 1.62 bits per heavy atom. The monoisotopic (exact) mass is 183 g/mol. The van der Waals surface area contributed by atoms with Gasteiger partial charge in [0.05, 0.1) is 5.92 Å². The van der Waals surface area contributed by atoms with Gasteiger partial charge in [-0.25, -0.2) is 4.39 Å². The molecule has 70 valence electrons. The molecule has 0 heterocycles. The average molecular weight is 183 g/mol. The van der Waals surface area contributed by atoms with Crippen molar-refractivity contribution in [3.05, 3.63) is 29.6 Å². The molecular formula is C9H10FNO2. The number of halogens is 1. The highest BCUT2D eigenvalue weighted by molar-refractivity contribution is 5.76. The lowest BCUT2D eigenvalue weighted by Gasteiger charge is -2.08. The van der Waals surface area contributed by atoms with E-state index in [9.17, 15) is 9.18 Å². The van der Waals surface area contributed by atoms with Crippen molar-refractivity contribution in [1.29, 1.82) is 0 Å². The minimum absolute atomic E-state index is 0.118. The first kappa shape index (κ1) is 9.51. The molecule has 1 aromatic carbocycles. The average Bonchev–Trinajstić information content (AvgIpc) is 2.08. The lowest BCUT2D eigenvalue weighted by Crippen LogP contribution is -2.09. The molecule has 0 saturated carbocycles. The van der Waals surface area contributed by atoms with Crippen molar-refractivity contribution in [3.63, 3.8) is 0 Å². The predicted molar refractivity (Wildman–Crippen MR) is 46.9 cm³/mol. The molecule has 0 aliphatic rings. The molecule has 0 spiro atoms. The number of benzene rings is 1. The van der Waals surface area contributed by atoms with Crippen LogP contribution < -0.4 is 5.73 Å². The van der Waals surface area contributed by atoms with E-state index in [4.69, 9.17) is 10.8 Å². The number of carbonyl (C=O) groups is 1. The number of hydrogen-bond acceptors (Lipinski definition) is 2. The summed E-state index contributed by atoms with van der Waals surface area (Å²) in [6.07, 6.45) is 0. The lowest BCUT2D eigenvalue weighted by atomic mass is 10.0. The van der Waals surface area contributed by atoms with Crippen LogP contribution >= 0.6 is 0 Å². The zero-order valence-electron chi connectivity index (χ0n) is 7.12. The lowest BCUT2D eigenvalue weighted by molar-refractivity contribution is -0.138. The molecule has 0 fully saturated rings. The van der Waals surface area contributed by atoms with Crippen LogP contribution in [0.1, 0.15) is 18.4 Å². The Bertz CT molecular complexity index is 338. The first-order valence-corrected chi connectivity index (χ1v) is 3.80. The topological polar surface area (TPSA) is 63.3 Å². The number of carboxylic acids is 1. The molecule has 4 heteroatoms. The fourth-order valence-electron chi connectivity index (χ4n) is 1.03. The van der Waals surface area contributed by atoms with Crippen molar-refractivity contribution >= 4 is 11.7 Å². The van der Waals surface area contributed by atoms with Gasteiger partial charge >= 0.3 is 5.97 Å². The van der Waals surface area contributed by atoms with Gasteiger partial charge in [0.25, 0.3) is 0 Å². The van der Waals surface area contributed by atoms with Crippen molar-refractivity contribution in [2.45, 2.75) is 12.8 Å². The molecule has 0 bridgehead atoms. The van der Waals surface area contributed by atoms with Crippen LogP contribution in [0.15, 0.2) is 18.2 Å². The maximum absolute atomic E-state index is 13.1. The van der Waals surface area contributed by atoms with E-state index in [1.54, 1.807) is 0 Å². The molecular weight excluding hydrogens is 173 g/mol. The molecule has 1 aromatic rings. The van der Waals surface area contributed by atoms with Gasteiger partial charge in [-0.05, 0) is 25.1 Å². The van der Waals surface area contributed by atoms with Crippen molar-refractivity contribution in [3.8, 4) is 0 Å². The van der Waals surface area contributed by atoms with E-state index in [-0.39, 0.29) is 5.56 Å². The number of aliphatic carboxylic acids is 1. The summed E-state index contributed by atoms with van der Waals surface area (Å²) in [5.74, 6) is -2.47. The Labute approximate surface area is 75.0 Å². The largest absolute Gasteiger partial charge is 0.481 e. The quantitative estimate of drug-likeness (QED) is 0.684. The van der Waals surface area contributed by atoms with Crippen LogP contribution in [0.3, 0.4) is 0 Å². The van der Waals surface area contributed by atoms with Crippen LogP contribution in [0, 0.1) is 5.82 Å². The van der Waals surface area contributed by atoms with Crippen molar-refractivity contribution in [2.24, 2.45) is 0 Å². The van der Waals surface area contributed by atoms with Crippen LogP contribution in [-0.4, -0.2) is 11.1 Å². The Balaban J connectivity index is 3.12. The van der Waals surface area contributed by atoms with Gasteiger partial charge in [-0.1, -0.05) is 0 Å². The summed E-state index contributed by atoms with van der Waals surface area (Å²) in [4.78, 5) is 10.6. The van der Waals surface area contributed by atoms with E-state index in [0.29, 0.717) is 5.69 Å². The summed E-state index contributed by atoms with van der Waals surface area (Å²) >= 11 is 0. The summed E-state index contributed by atoms with van der Waals surface area (Å²) in [5, 5.41) is 8.64. The molecule has 0 aliphatic heterocycles. The van der Waals surface area contributed by atoms with Crippen molar-refractivity contribution in [1.82, 2.24) is 0 Å². The molecule has 0 radical (unpaired) electrons. The summed E-state index contributed by atoms with van der Waals surface area (Å²) < 4.78 is 13.1. The number of nitrogen functional groups attached to an aromatic ring is 1. The van der Waals surface area contributed by atoms with E-state index in [1.807, 2.05) is 0 Å². The van der Waals surface area contributed by atoms with Crippen LogP contribution in [0.5, 0.6) is 0 Å². The third-order valence-corrected chi connectivity index (χ3v) is 1.86. The van der Waals surface area contributed by atoms with E-state index in [2.05, 4.69) is 0 Å². The second-order valence-electron chi connectivity index (χ2n) is 2.84. The van der Waals surface area contributed by atoms with Gasteiger partial charge < -0.3 is 10.8 Å². The molecule has 0 saturated heterocycles. The van der Waals surface area contributed by atoms with Crippen LogP contribution in [0.25, 0.3) is 0 Å². The fraction of sp³-hybridized carbons (Fsp3) is 0.222. The first-order valence-electron chi connectivity index (χ1n) is 3.80. The molecule has 3 N–H and O–H groups in total. The SMILES string of the molecule is CC(C(=O)O)c1cc(N)ccc1F. The van der Waals surface area contributed by atoms with E-state index in [0.717, 1.165) is 0 Å². The number of rotatable bonds is 2. The molecule has 0 aliphatic carbocycles. The van der Waals surface area contributed by atoms with Crippen LogP contribution in [0.4, 0.5) is 10.1 Å². The Morgan fingerprint density at radius 3 is 2.77 bits per heavy atom. The normalized spacial score (nSPS) is 12.5. The molecule has 0 amide bonds. The second kappa shape index (κ2) is 3.43. The summed E-state index contributed by atoms with van der Waals surface area (Å²) in [6, 6.07) is 3.91. The zero-order chi connectivity index (χ0) is 10.0. The van der Waals surface area contributed by atoms with Gasteiger partial charge in [0.1, 0.15) is 5.82 Å². The zero-order valence-corrected chi connectivity index (χ0v) is 7.12. The number of hydrogen-bond donors (Lipinski definition) is 2.